The van der Waals surface area contributed by atoms with Crippen molar-refractivity contribution in [2.75, 3.05) is 12.0 Å². The van der Waals surface area contributed by atoms with Crippen molar-refractivity contribution < 1.29 is 18.7 Å². The number of hydrogen-bond donors (Lipinski definition) is 3. The van der Waals surface area contributed by atoms with Gasteiger partial charge in [-0.15, -0.1) is 0 Å². The van der Waals surface area contributed by atoms with Crippen LogP contribution in [0, 0.1) is 5.82 Å². The van der Waals surface area contributed by atoms with Crippen molar-refractivity contribution in [3.8, 4) is 5.88 Å². The Labute approximate surface area is 211 Å². The van der Waals surface area contributed by atoms with Crippen molar-refractivity contribution in [2.24, 2.45) is 10.9 Å². The number of pyridine rings is 1. The van der Waals surface area contributed by atoms with E-state index in [1.165, 1.54) is 60.7 Å². The number of carbonyl (C=O) groups excluding carboxylic acids is 2. The summed E-state index contributed by atoms with van der Waals surface area (Å²) in [5.74, 6) is 4.33. The zero-order valence-corrected chi connectivity index (χ0v) is 19.9. The smallest absolute Gasteiger partial charge is 0.269 e. The summed E-state index contributed by atoms with van der Waals surface area (Å²) in [6.07, 6.45) is 3.83. The summed E-state index contributed by atoms with van der Waals surface area (Å²) < 4.78 is 18.4. The lowest BCUT2D eigenvalue weighted by molar-refractivity contribution is -0.117. The van der Waals surface area contributed by atoms with Crippen LogP contribution in [0.25, 0.3) is 5.70 Å². The van der Waals surface area contributed by atoms with Crippen LogP contribution in [0.5, 0.6) is 5.88 Å². The number of hydrogen-bond acceptors (Lipinski definition) is 6. The number of aromatic nitrogens is 1. The maximum Gasteiger partial charge on any atom is 0.269 e. The van der Waals surface area contributed by atoms with Crippen LogP contribution >= 0.6 is 11.6 Å². The highest BCUT2D eigenvalue weighted by Gasteiger charge is 2.20. The quantitative estimate of drug-likeness (QED) is 0.147. The summed E-state index contributed by atoms with van der Waals surface area (Å²) in [6.45, 7) is 4.08. The molecule has 1 aromatic heterocycles. The van der Waals surface area contributed by atoms with Gasteiger partial charge in [-0.05, 0) is 54.1 Å². The molecular formula is C25H22ClFN6O3. The maximum atomic E-state index is 13.4. The number of anilines is 1. The number of nitrogens with two attached hydrogens (primary N) is 1. The van der Waals surface area contributed by atoms with Gasteiger partial charge in [-0.2, -0.15) is 5.10 Å². The normalized spacial score (nSPS) is 11.1. The lowest BCUT2D eigenvalue weighted by atomic mass is 10.1. The van der Waals surface area contributed by atoms with Crippen LogP contribution in [-0.4, -0.2) is 29.7 Å². The number of para-hydroxylation sites is 1. The number of amidine groups is 1. The number of hydrazine groups is 1. The van der Waals surface area contributed by atoms with E-state index in [9.17, 15) is 14.0 Å². The van der Waals surface area contributed by atoms with Crippen molar-refractivity contribution in [1.82, 2.24) is 15.8 Å². The molecule has 2 amide bonds. The third kappa shape index (κ3) is 6.45. The Morgan fingerprint density at radius 2 is 1.83 bits per heavy atom. The molecule has 0 fully saturated rings. The molecule has 0 aliphatic heterocycles. The second kappa shape index (κ2) is 12.1. The highest BCUT2D eigenvalue weighted by Crippen LogP contribution is 2.32. The summed E-state index contributed by atoms with van der Waals surface area (Å²) in [5, 5.41) is 4.14. The topological polar surface area (TPSA) is 122 Å². The zero-order chi connectivity index (χ0) is 26.1. The molecule has 3 aromatic rings. The lowest BCUT2D eigenvalue weighted by Crippen LogP contribution is -2.41. The van der Waals surface area contributed by atoms with Crippen molar-refractivity contribution in [3.63, 3.8) is 0 Å². The van der Waals surface area contributed by atoms with Crippen molar-refractivity contribution in [2.45, 2.75) is 0 Å². The largest absolute Gasteiger partial charge is 0.481 e. The van der Waals surface area contributed by atoms with Crippen molar-refractivity contribution in [3.05, 3.63) is 108 Å². The number of amides is 2. The maximum absolute atomic E-state index is 13.4. The minimum absolute atomic E-state index is 0.0952. The highest BCUT2D eigenvalue weighted by atomic mass is 35.5. The average Bonchev–Trinajstić information content (AvgIpc) is 2.90. The van der Waals surface area contributed by atoms with Gasteiger partial charge in [-0.3, -0.25) is 25.3 Å². The highest BCUT2D eigenvalue weighted by molar-refractivity contribution is 6.34. The van der Waals surface area contributed by atoms with Gasteiger partial charge in [0.2, 0.25) is 5.88 Å². The van der Waals surface area contributed by atoms with Gasteiger partial charge >= 0.3 is 0 Å². The molecule has 0 unspecified atom stereocenters. The third-order valence-corrected chi connectivity index (χ3v) is 5.11. The second-order valence-electron chi connectivity index (χ2n) is 7.09. The molecule has 0 spiro atoms. The molecule has 0 saturated carbocycles. The molecule has 3 rings (SSSR count). The third-order valence-electron chi connectivity index (χ3n) is 4.79. The van der Waals surface area contributed by atoms with E-state index in [0.717, 1.165) is 6.08 Å². The van der Waals surface area contributed by atoms with Crippen LogP contribution in [0.15, 0.2) is 90.7 Å². The van der Waals surface area contributed by atoms with E-state index in [1.807, 2.05) is 0 Å². The molecule has 2 aromatic carbocycles. The van der Waals surface area contributed by atoms with Gasteiger partial charge in [0.1, 0.15) is 5.82 Å². The fraction of sp³-hybridized carbons (Fsp3) is 0.0400. The molecule has 0 bridgehead atoms. The predicted octanol–water partition coefficient (Wildman–Crippen LogP) is 3.65. The molecule has 4 N–H and O–H groups in total. The molecule has 184 valence electrons. The number of methoxy groups -OCH3 is 1. The van der Waals surface area contributed by atoms with E-state index in [-0.39, 0.29) is 17.3 Å². The molecule has 36 heavy (non-hydrogen) atoms. The van der Waals surface area contributed by atoms with Crippen LogP contribution in [0.1, 0.15) is 15.9 Å². The first-order valence-electron chi connectivity index (χ1n) is 10.4. The first kappa shape index (κ1) is 25.9. The van der Waals surface area contributed by atoms with Gasteiger partial charge in [0, 0.05) is 29.6 Å². The van der Waals surface area contributed by atoms with Crippen LogP contribution in [-0.2, 0) is 4.79 Å². The predicted molar refractivity (Wildman–Crippen MR) is 137 cm³/mol. The van der Waals surface area contributed by atoms with Crippen LogP contribution in [0.3, 0.4) is 0 Å². The Balaban J connectivity index is 1.79. The molecule has 0 atom stereocenters. The Kier molecular flexibility index (Phi) is 8.73. The second-order valence-corrected chi connectivity index (χ2v) is 7.50. The number of rotatable bonds is 7. The molecule has 0 radical (unpaired) electrons. The van der Waals surface area contributed by atoms with Gasteiger partial charge in [-0.1, -0.05) is 30.3 Å². The van der Waals surface area contributed by atoms with Crippen LogP contribution in [0.2, 0.25) is 5.02 Å². The fourth-order valence-corrected chi connectivity index (χ4v) is 3.25. The van der Waals surface area contributed by atoms with Gasteiger partial charge in [0.15, 0.2) is 5.84 Å². The monoisotopic (exact) mass is 508 g/mol. The van der Waals surface area contributed by atoms with Gasteiger partial charge in [0.25, 0.3) is 11.8 Å². The number of carbonyl (C=O) groups is 2. The average molecular weight is 509 g/mol. The fourth-order valence-electron chi connectivity index (χ4n) is 3.03. The molecule has 9 nitrogen and oxygen atoms in total. The van der Waals surface area contributed by atoms with E-state index in [4.69, 9.17) is 22.2 Å². The minimum Gasteiger partial charge on any atom is -0.481 e. The Morgan fingerprint density at radius 3 is 2.50 bits per heavy atom. The summed E-state index contributed by atoms with van der Waals surface area (Å²) in [6, 6.07) is 15.4. The number of ether oxygens (including phenoxy) is 1. The number of halogens is 2. The van der Waals surface area contributed by atoms with Gasteiger partial charge < -0.3 is 10.6 Å². The zero-order valence-electron chi connectivity index (χ0n) is 19.1. The van der Waals surface area contributed by atoms with Crippen LogP contribution < -0.4 is 26.3 Å². The Morgan fingerprint density at radius 1 is 1.11 bits per heavy atom. The van der Waals surface area contributed by atoms with Gasteiger partial charge in [0.05, 0.1) is 17.8 Å². The standard InChI is InChI=1S/C25H22ClFN6O3/c1-16(17-7-9-19(27)10-8-17)33(21-6-4-3-5-20(21)26)22(30-28)11-12-23(34)31-32-25(35)18-13-14-29-24(15-18)36-2/h3-15H,1,28H2,2H3,(H,31,34)(H,32,35)/b12-11+,30-22-. The van der Waals surface area contributed by atoms with E-state index >= 15 is 0 Å². The minimum atomic E-state index is -0.669. The first-order chi connectivity index (χ1) is 17.3. The Bertz CT molecular complexity index is 1330. The molecule has 0 saturated heterocycles. The summed E-state index contributed by atoms with van der Waals surface area (Å²) in [4.78, 5) is 30.1. The van der Waals surface area contributed by atoms with E-state index in [2.05, 4.69) is 27.5 Å². The molecule has 11 heteroatoms. The number of hydrazone groups is 1. The number of nitrogens with zero attached hydrogens (tertiary/aromatic N) is 3. The van der Waals surface area contributed by atoms with Crippen molar-refractivity contribution in [1.29, 1.82) is 0 Å². The summed E-state index contributed by atoms with van der Waals surface area (Å²) in [5.41, 5.74) is 6.19. The van der Waals surface area contributed by atoms with E-state index < -0.39 is 17.6 Å². The number of nitrogens with one attached hydrogen (secondary N) is 2. The summed E-state index contributed by atoms with van der Waals surface area (Å²) >= 11 is 6.40. The SMILES string of the molecule is C=C(c1ccc(F)cc1)N(C(/C=C/C(=O)NNC(=O)c1ccnc(OC)c1)=N\N)c1ccccc1Cl. The first-order valence-corrected chi connectivity index (χ1v) is 10.8. The van der Waals surface area contributed by atoms with Crippen molar-refractivity contribution >= 4 is 40.6 Å². The lowest BCUT2D eigenvalue weighted by Gasteiger charge is -2.27. The van der Waals surface area contributed by atoms with E-state index in [1.54, 1.807) is 24.3 Å². The number of benzene rings is 2. The van der Waals surface area contributed by atoms with Gasteiger partial charge in [-0.25, -0.2) is 9.37 Å². The summed E-state index contributed by atoms with van der Waals surface area (Å²) in [7, 11) is 1.42. The molecule has 1 heterocycles. The molecule has 0 aliphatic rings. The van der Waals surface area contributed by atoms with E-state index in [0.29, 0.717) is 22.0 Å². The molecular weight excluding hydrogens is 487 g/mol. The van der Waals surface area contributed by atoms with Crippen LogP contribution in [0.4, 0.5) is 10.1 Å². The molecule has 0 aliphatic carbocycles. The Hall–Kier alpha value is -4.70.